The highest BCUT2D eigenvalue weighted by Crippen LogP contribution is 2.38. The Morgan fingerprint density at radius 2 is 1.68 bits per heavy atom. The summed E-state index contributed by atoms with van der Waals surface area (Å²) in [6.45, 7) is 1.53. The second kappa shape index (κ2) is 11.5. The molecule has 0 aliphatic carbocycles. The minimum Gasteiger partial charge on any atom is -0.457 e. The predicted octanol–water partition coefficient (Wildman–Crippen LogP) is 3.86. The molecule has 2 heterocycles. The van der Waals surface area contributed by atoms with E-state index in [2.05, 4.69) is 25.3 Å². The van der Waals surface area contributed by atoms with Gasteiger partial charge in [0.2, 0.25) is 5.91 Å². The SMILES string of the molecule is C[C@H](Nc1cc(C(N)=O)nc(-c2ccc(Oc3ccc(C(F)(F)F)cc3-c3cnc(N(C)C)cn3)cc2)n1)C(N)=O. The lowest BCUT2D eigenvalue weighted by Gasteiger charge is -2.15. The van der Waals surface area contributed by atoms with Crippen molar-refractivity contribution in [3.05, 3.63) is 72.2 Å². The standard InChI is InChI=1S/C27H25F3N8O3/c1-14(24(31)39)35-22-11-19(25(32)40)36-26(37-22)15-4-7-17(8-5-15)41-21-9-6-16(27(28,29)30)10-18(21)20-12-34-23(13-33-20)38(2)3/h4-14H,1-3H3,(H2,31,39)(H2,32,40)(H,35,36,37)/t14-/m0/s1. The van der Waals surface area contributed by atoms with Gasteiger partial charge in [0.15, 0.2) is 5.82 Å². The van der Waals surface area contributed by atoms with Gasteiger partial charge in [-0.15, -0.1) is 0 Å². The summed E-state index contributed by atoms with van der Waals surface area (Å²) in [7, 11) is 3.53. The van der Waals surface area contributed by atoms with Crippen molar-refractivity contribution in [2.45, 2.75) is 19.1 Å². The average Bonchev–Trinajstić information content (AvgIpc) is 2.93. The van der Waals surface area contributed by atoms with E-state index in [1.807, 2.05) is 0 Å². The number of benzene rings is 2. The molecule has 5 N–H and O–H groups in total. The van der Waals surface area contributed by atoms with Crippen LogP contribution in [0.4, 0.5) is 24.8 Å². The fourth-order valence-electron chi connectivity index (χ4n) is 3.56. The predicted molar refractivity (Wildman–Crippen MR) is 145 cm³/mol. The minimum atomic E-state index is -4.58. The number of nitrogens with zero attached hydrogens (tertiary/aromatic N) is 5. The molecule has 41 heavy (non-hydrogen) atoms. The Morgan fingerprint density at radius 3 is 2.24 bits per heavy atom. The quantitative estimate of drug-likeness (QED) is 0.273. The topological polar surface area (TPSA) is 162 Å². The lowest BCUT2D eigenvalue weighted by atomic mass is 10.1. The first-order chi connectivity index (χ1) is 19.3. The van der Waals surface area contributed by atoms with Crippen LogP contribution in [0.2, 0.25) is 0 Å². The number of primary amides is 2. The van der Waals surface area contributed by atoms with Crippen LogP contribution < -0.4 is 26.4 Å². The molecular weight excluding hydrogens is 541 g/mol. The molecule has 0 saturated heterocycles. The summed E-state index contributed by atoms with van der Waals surface area (Å²) in [4.78, 5) is 42.0. The van der Waals surface area contributed by atoms with E-state index in [-0.39, 0.29) is 34.3 Å². The Morgan fingerprint density at radius 1 is 0.976 bits per heavy atom. The number of carbonyl (C=O) groups is 2. The number of carbonyl (C=O) groups excluding carboxylic acids is 2. The first kappa shape index (κ1) is 28.7. The van der Waals surface area contributed by atoms with Crippen molar-refractivity contribution in [1.82, 2.24) is 19.9 Å². The van der Waals surface area contributed by atoms with Gasteiger partial charge in [0, 0.05) is 31.3 Å². The van der Waals surface area contributed by atoms with E-state index in [1.54, 1.807) is 43.3 Å². The number of halogens is 3. The first-order valence-electron chi connectivity index (χ1n) is 12.1. The Hall–Kier alpha value is -5.27. The summed E-state index contributed by atoms with van der Waals surface area (Å²) in [6.07, 6.45) is -1.76. The molecule has 14 heteroatoms. The second-order valence-electron chi connectivity index (χ2n) is 9.08. The van der Waals surface area contributed by atoms with E-state index in [9.17, 15) is 22.8 Å². The van der Waals surface area contributed by atoms with Crippen LogP contribution in [0.25, 0.3) is 22.6 Å². The summed E-state index contributed by atoms with van der Waals surface area (Å²) >= 11 is 0. The molecule has 2 aromatic heterocycles. The second-order valence-corrected chi connectivity index (χ2v) is 9.08. The number of hydrogen-bond acceptors (Lipinski definition) is 9. The molecule has 4 rings (SSSR count). The molecule has 0 radical (unpaired) electrons. The minimum absolute atomic E-state index is 0.0923. The highest BCUT2D eigenvalue weighted by Gasteiger charge is 2.31. The van der Waals surface area contributed by atoms with Gasteiger partial charge in [0.05, 0.1) is 23.7 Å². The number of amides is 2. The molecule has 2 amide bonds. The number of ether oxygens (including phenoxy) is 1. The van der Waals surface area contributed by atoms with Crippen LogP contribution in [0.5, 0.6) is 11.5 Å². The van der Waals surface area contributed by atoms with Gasteiger partial charge >= 0.3 is 6.18 Å². The third-order valence-electron chi connectivity index (χ3n) is 5.79. The maximum atomic E-state index is 13.5. The number of nitrogens with two attached hydrogens (primary N) is 2. The number of aromatic nitrogens is 4. The maximum Gasteiger partial charge on any atom is 0.416 e. The first-order valence-corrected chi connectivity index (χ1v) is 12.1. The van der Waals surface area contributed by atoms with Gasteiger partial charge in [-0.3, -0.25) is 14.6 Å². The fourth-order valence-corrected chi connectivity index (χ4v) is 3.56. The smallest absolute Gasteiger partial charge is 0.416 e. The molecule has 0 aliphatic heterocycles. The number of rotatable bonds is 9. The molecule has 0 unspecified atom stereocenters. The van der Waals surface area contributed by atoms with E-state index in [4.69, 9.17) is 16.2 Å². The summed E-state index contributed by atoms with van der Waals surface area (Å²) in [5.74, 6) is -0.209. The molecular formula is C27H25F3N8O3. The van der Waals surface area contributed by atoms with Crippen LogP contribution in [0.1, 0.15) is 23.0 Å². The third kappa shape index (κ3) is 6.84. The molecule has 0 bridgehead atoms. The molecule has 2 aromatic carbocycles. The molecule has 1 atom stereocenters. The van der Waals surface area contributed by atoms with E-state index in [0.717, 1.165) is 12.1 Å². The van der Waals surface area contributed by atoms with E-state index in [0.29, 0.717) is 17.1 Å². The normalized spacial score (nSPS) is 12.0. The van der Waals surface area contributed by atoms with Crippen molar-refractivity contribution < 1.29 is 27.5 Å². The zero-order chi connectivity index (χ0) is 29.9. The van der Waals surface area contributed by atoms with Crippen LogP contribution in [0.3, 0.4) is 0 Å². The third-order valence-corrected chi connectivity index (χ3v) is 5.79. The van der Waals surface area contributed by atoms with Crippen molar-refractivity contribution in [2.75, 3.05) is 24.3 Å². The molecule has 212 valence electrons. The Kier molecular flexibility index (Phi) is 8.03. The van der Waals surface area contributed by atoms with Crippen molar-refractivity contribution in [2.24, 2.45) is 11.5 Å². The summed E-state index contributed by atoms with van der Waals surface area (Å²) in [5, 5.41) is 2.79. The van der Waals surface area contributed by atoms with Gasteiger partial charge in [0.25, 0.3) is 5.91 Å². The lowest BCUT2D eigenvalue weighted by molar-refractivity contribution is -0.137. The highest BCUT2D eigenvalue weighted by molar-refractivity contribution is 5.92. The Labute approximate surface area is 232 Å². The molecule has 11 nitrogen and oxygen atoms in total. The van der Waals surface area contributed by atoms with Crippen molar-refractivity contribution in [3.8, 4) is 34.1 Å². The summed E-state index contributed by atoms with van der Waals surface area (Å²) in [6, 6.07) is 9.88. The monoisotopic (exact) mass is 566 g/mol. The fraction of sp³-hybridized carbons (Fsp3) is 0.185. The van der Waals surface area contributed by atoms with Crippen molar-refractivity contribution in [3.63, 3.8) is 0 Å². The van der Waals surface area contributed by atoms with Crippen LogP contribution in [0.15, 0.2) is 60.9 Å². The van der Waals surface area contributed by atoms with Crippen LogP contribution in [-0.4, -0.2) is 51.9 Å². The van der Waals surface area contributed by atoms with E-state index in [1.165, 1.54) is 31.5 Å². The number of hydrogen-bond donors (Lipinski definition) is 3. The van der Waals surface area contributed by atoms with Gasteiger partial charge in [-0.2, -0.15) is 13.2 Å². The van der Waals surface area contributed by atoms with Crippen LogP contribution in [-0.2, 0) is 11.0 Å². The van der Waals surface area contributed by atoms with E-state index < -0.39 is 29.6 Å². The Bertz CT molecular complexity index is 1580. The van der Waals surface area contributed by atoms with Gasteiger partial charge < -0.3 is 26.4 Å². The largest absolute Gasteiger partial charge is 0.457 e. The van der Waals surface area contributed by atoms with Gasteiger partial charge in [-0.05, 0) is 49.4 Å². The lowest BCUT2D eigenvalue weighted by Crippen LogP contribution is -2.33. The molecule has 0 aliphatic rings. The molecule has 0 spiro atoms. The van der Waals surface area contributed by atoms with Gasteiger partial charge in [0.1, 0.15) is 34.9 Å². The van der Waals surface area contributed by atoms with Crippen molar-refractivity contribution in [1.29, 1.82) is 0 Å². The zero-order valence-electron chi connectivity index (χ0n) is 22.1. The molecule has 4 aromatic rings. The highest BCUT2D eigenvalue weighted by atomic mass is 19.4. The maximum absolute atomic E-state index is 13.5. The van der Waals surface area contributed by atoms with E-state index >= 15 is 0 Å². The summed E-state index contributed by atoms with van der Waals surface area (Å²) < 4.78 is 46.4. The Balaban J connectivity index is 1.66. The number of alkyl halides is 3. The average molecular weight is 567 g/mol. The van der Waals surface area contributed by atoms with Gasteiger partial charge in [-0.1, -0.05) is 0 Å². The molecule has 0 saturated carbocycles. The van der Waals surface area contributed by atoms with Crippen LogP contribution >= 0.6 is 0 Å². The number of anilines is 2. The van der Waals surface area contributed by atoms with Crippen LogP contribution in [0, 0.1) is 0 Å². The van der Waals surface area contributed by atoms with Gasteiger partial charge in [-0.25, -0.2) is 15.0 Å². The molecule has 0 fully saturated rings. The number of nitrogens with one attached hydrogen (secondary N) is 1. The zero-order valence-corrected chi connectivity index (χ0v) is 22.1. The summed E-state index contributed by atoms with van der Waals surface area (Å²) in [5.41, 5.74) is 10.5. The van der Waals surface area contributed by atoms with Crippen molar-refractivity contribution >= 4 is 23.5 Å².